The van der Waals surface area contributed by atoms with Crippen LogP contribution in [-0.4, -0.2) is 23.7 Å². The first kappa shape index (κ1) is 25.1. The number of furan rings is 1. The van der Waals surface area contributed by atoms with Crippen molar-refractivity contribution in [1.29, 1.82) is 0 Å². The fraction of sp³-hybridized carbons (Fsp3) is 0.156. The summed E-state index contributed by atoms with van der Waals surface area (Å²) in [6.45, 7) is 4.10. The highest BCUT2D eigenvalue weighted by Crippen LogP contribution is 2.36. The zero-order valence-electron chi connectivity index (χ0n) is 21.4. The normalized spacial score (nSPS) is 11.5. The molecule has 5 nitrogen and oxygen atoms in total. The number of ketones is 1. The van der Waals surface area contributed by atoms with Crippen molar-refractivity contribution in [3.05, 3.63) is 114 Å². The zero-order valence-corrected chi connectivity index (χ0v) is 21.4. The average Bonchev–Trinajstić information content (AvgIpc) is 3.32. The molecule has 0 saturated carbocycles. The molecule has 0 saturated heterocycles. The molecule has 0 atom stereocenters. The number of aromatic nitrogens is 1. The van der Waals surface area contributed by atoms with Crippen molar-refractivity contribution in [1.82, 2.24) is 10.3 Å². The second kappa shape index (κ2) is 10.1. The number of pyridine rings is 1. The van der Waals surface area contributed by atoms with Crippen molar-refractivity contribution in [2.75, 3.05) is 7.05 Å². The van der Waals surface area contributed by atoms with Crippen LogP contribution < -0.4 is 5.32 Å². The van der Waals surface area contributed by atoms with E-state index in [1.165, 1.54) is 12.1 Å². The number of carbonyl (C=O) groups is 2. The van der Waals surface area contributed by atoms with Gasteiger partial charge in [0.1, 0.15) is 17.2 Å². The lowest BCUT2D eigenvalue weighted by molar-refractivity contribution is 0.0952. The number of rotatable bonds is 7. The van der Waals surface area contributed by atoms with E-state index in [0.29, 0.717) is 39.8 Å². The third kappa shape index (κ3) is 4.85. The maximum absolute atomic E-state index is 13.5. The van der Waals surface area contributed by atoms with Crippen LogP contribution >= 0.6 is 0 Å². The van der Waals surface area contributed by atoms with E-state index in [-0.39, 0.29) is 22.9 Å². The summed E-state index contributed by atoms with van der Waals surface area (Å²) in [7, 11) is 1.56. The van der Waals surface area contributed by atoms with E-state index >= 15 is 0 Å². The molecule has 0 aliphatic heterocycles. The van der Waals surface area contributed by atoms with Crippen LogP contribution in [-0.2, 0) is 5.41 Å². The van der Waals surface area contributed by atoms with Gasteiger partial charge in [0.05, 0.1) is 5.56 Å². The Morgan fingerprint density at radius 2 is 1.58 bits per heavy atom. The quantitative estimate of drug-likeness (QED) is 0.237. The van der Waals surface area contributed by atoms with Crippen molar-refractivity contribution < 1.29 is 18.4 Å². The molecule has 0 radical (unpaired) electrons. The third-order valence-corrected chi connectivity index (χ3v) is 6.83. The minimum Gasteiger partial charge on any atom is -0.455 e. The molecule has 0 unspecified atom stereocenters. The van der Waals surface area contributed by atoms with Crippen molar-refractivity contribution in [2.45, 2.75) is 25.7 Å². The van der Waals surface area contributed by atoms with E-state index in [1.807, 2.05) is 54.6 Å². The number of hydrogen-bond acceptors (Lipinski definition) is 4. The molecule has 2 heterocycles. The Bertz CT molecular complexity index is 1640. The molecular formula is C32H27FN2O3. The summed E-state index contributed by atoms with van der Waals surface area (Å²) in [5.41, 5.74) is 4.55. The van der Waals surface area contributed by atoms with E-state index in [4.69, 9.17) is 4.42 Å². The van der Waals surface area contributed by atoms with E-state index in [0.717, 1.165) is 16.7 Å². The van der Waals surface area contributed by atoms with Crippen LogP contribution in [0.5, 0.6) is 0 Å². The fourth-order valence-electron chi connectivity index (χ4n) is 4.71. The van der Waals surface area contributed by atoms with E-state index in [9.17, 15) is 14.0 Å². The zero-order chi connectivity index (χ0) is 26.9. The Hall–Kier alpha value is -4.58. The Kier molecular flexibility index (Phi) is 6.64. The van der Waals surface area contributed by atoms with Gasteiger partial charge in [0.15, 0.2) is 5.78 Å². The van der Waals surface area contributed by atoms with Crippen molar-refractivity contribution in [3.8, 4) is 22.5 Å². The summed E-state index contributed by atoms with van der Waals surface area (Å²) >= 11 is 0. The number of nitrogens with zero attached hydrogens (tertiary/aromatic N) is 1. The van der Waals surface area contributed by atoms with Crippen LogP contribution in [0.4, 0.5) is 4.39 Å². The standard InChI is InChI=1S/C32H27FN2O3/c1-32(2,24-13-15-35-16-14-24)19-27(36)23-6-4-5-21(17-23)22-9-12-28-26(18-22)29(31(37)34-3)30(38-28)20-7-10-25(33)11-8-20/h4-18H,19H2,1-3H3,(H,34,37). The predicted octanol–water partition coefficient (Wildman–Crippen LogP) is 7.21. The molecule has 5 aromatic rings. The minimum atomic E-state index is -0.368. The Morgan fingerprint density at radius 1 is 0.895 bits per heavy atom. The first-order valence-corrected chi connectivity index (χ1v) is 12.4. The van der Waals surface area contributed by atoms with Gasteiger partial charge in [-0.15, -0.1) is 0 Å². The van der Waals surface area contributed by atoms with Gasteiger partial charge >= 0.3 is 0 Å². The number of nitrogens with one attached hydrogen (secondary N) is 1. The first-order valence-electron chi connectivity index (χ1n) is 12.4. The number of carbonyl (C=O) groups excluding carboxylic acids is 2. The third-order valence-electron chi connectivity index (χ3n) is 6.83. The summed E-state index contributed by atoms with van der Waals surface area (Å²) in [5, 5.41) is 3.31. The van der Waals surface area contributed by atoms with Gasteiger partial charge in [-0.2, -0.15) is 0 Å². The Balaban J connectivity index is 1.52. The first-order chi connectivity index (χ1) is 18.3. The SMILES string of the molecule is CNC(=O)c1c(-c2ccc(F)cc2)oc2ccc(-c3cccc(C(=O)CC(C)(C)c4ccncc4)c3)cc12. The number of benzene rings is 3. The molecule has 1 N–H and O–H groups in total. The van der Waals surface area contributed by atoms with Gasteiger partial charge < -0.3 is 9.73 Å². The Labute approximate surface area is 220 Å². The monoisotopic (exact) mass is 506 g/mol. The molecule has 0 fully saturated rings. The van der Waals surface area contributed by atoms with Crippen LogP contribution in [0.2, 0.25) is 0 Å². The molecule has 0 spiro atoms. The minimum absolute atomic E-state index is 0.0442. The molecule has 6 heteroatoms. The molecule has 190 valence electrons. The number of halogens is 1. The second-order valence-corrected chi connectivity index (χ2v) is 9.90. The van der Waals surface area contributed by atoms with Crippen LogP contribution in [0.25, 0.3) is 33.4 Å². The molecular weight excluding hydrogens is 479 g/mol. The largest absolute Gasteiger partial charge is 0.455 e. The number of Topliss-reactive ketones (excluding diaryl/α,β-unsaturated/α-hetero) is 1. The summed E-state index contributed by atoms with van der Waals surface area (Å²) in [4.78, 5) is 30.3. The van der Waals surface area contributed by atoms with E-state index in [2.05, 4.69) is 24.1 Å². The predicted molar refractivity (Wildman–Crippen MR) is 147 cm³/mol. The number of fused-ring (bicyclic) bond motifs is 1. The summed E-state index contributed by atoms with van der Waals surface area (Å²) in [6.07, 6.45) is 3.83. The van der Waals surface area contributed by atoms with Crippen molar-refractivity contribution in [2.24, 2.45) is 0 Å². The molecule has 1 amide bonds. The maximum Gasteiger partial charge on any atom is 0.255 e. The van der Waals surface area contributed by atoms with Crippen LogP contribution in [0.15, 0.2) is 95.7 Å². The summed E-state index contributed by atoms with van der Waals surface area (Å²) in [5.74, 6) is -0.254. The highest BCUT2D eigenvalue weighted by Gasteiger charge is 2.25. The van der Waals surface area contributed by atoms with Gasteiger partial charge in [-0.05, 0) is 76.7 Å². The van der Waals surface area contributed by atoms with Crippen LogP contribution in [0.1, 0.15) is 46.5 Å². The number of amides is 1. The number of hydrogen-bond donors (Lipinski definition) is 1. The molecule has 3 aromatic carbocycles. The van der Waals surface area contributed by atoms with Crippen LogP contribution in [0, 0.1) is 5.82 Å². The molecule has 2 aromatic heterocycles. The summed E-state index contributed by atoms with van der Waals surface area (Å²) in [6, 6.07) is 22.8. The lowest BCUT2D eigenvalue weighted by atomic mass is 9.79. The highest BCUT2D eigenvalue weighted by molar-refractivity contribution is 6.12. The maximum atomic E-state index is 13.5. The lowest BCUT2D eigenvalue weighted by Crippen LogP contribution is -2.22. The van der Waals surface area contributed by atoms with Gasteiger partial charge in [0.2, 0.25) is 0 Å². The molecule has 0 aliphatic carbocycles. The topological polar surface area (TPSA) is 72.2 Å². The lowest BCUT2D eigenvalue weighted by Gasteiger charge is -2.24. The summed E-state index contributed by atoms with van der Waals surface area (Å²) < 4.78 is 19.6. The highest BCUT2D eigenvalue weighted by atomic mass is 19.1. The van der Waals surface area contributed by atoms with Gasteiger partial charge in [0.25, 0.3) is 5.91 Å². The van der Waals surface area contributed by atoms with E-state index in [1.54, 1.807) is 31.6 Å². The van der Waals surface area contributed by atoms with Gasteiger partial charge in [-0.25, -0.2) is 4.39 Å². The van der Waals surface area contributed by atoms with E-state index < -0.39 is 0 Å². The molecule has 0 bridgehead atoms. The fourth-order valence-corrected chi connectivity index (χ4v) is 4.71. The van der Waals surface area contributed by atoms with Crippen molar-refractivity contribution >= 4 is 22.7 Å². The molecule has 38 heavy (non-hydrogen) atoms. The smallest absolute Gasteiger partial charge is 0.255 e. The van der Waals surface area contributed by atoms with Gasteiger partial charge in [-0.3, -0.25) is 14.6 Å². The van der Waals surface area contributed by atoms with Gasteiger partial charge in [0, 0.05) is 42.4 Å². The second-order valence-electron chi connectivity index (χ2n) is 9.90. The molecule has 5 rings (SSSR count). The Morgan fingerprint density at radius 3 is 2.29 bits per heavy atom. The molecule has 0 aliphatic rings. The van der Waals surface area contributed by atoms with Crippen LogP contribution in [0.3, 0.4) is 0 Å². The van der Waals surface area contributed by atoms with Gasteiger partial charge in [-0.1, -0.05) is 38.1 Å². The van der Waals surface area contributed by atoms with Crippen molar-refractivity contribution in [3.63, 3.8) is 0 Å². The average molecular weight is 507 g/mol.